The van der Waals surface area contributed by atoms with Gasteiger partial charge < -0.3 is 14.5 Å². The van der Waals surface area contributed by atoms with E-state index in [2.05, 4.69) is 23.8 Å². The van der Waals surface area contributed by atoms with Crippen molar-refractivity contribution in [2.24, 2.45) is 0 Å². The molecule has 2 aliphatic heterocycles. The molecule has 3 rings (SSSR count). The van der Waals surface area contributed by atoms with Gasteiger partial charge in [0.15, 0.2) is 0 Å². The van der Waals surface area contributed by atoms with Gasteiger partial charge in [-0.05, 0) is 19.0 Å². The maximum atomic E-state index is 12.3. The minimum atomic E-state index is -0.154. The summed E-state index contributed by atoms with van der Waals surface area (Å²) in [6, 6.07) is -0.308. The van der Waals surface area contributed by atoms with Gasteiger partial charge in [0.05, 0.1) is 43.0 Å². The Kier molecular flexibility index (Phi) is 5.84. The van der Waals surface area contributed by atoms with Gasteiger partial charge in [-0.3, -0.25) is 4.84 Å². The highest BCUT2D eigenvalue weighted by atomic mass is 16.7. The monoisotopic (exact) mass is 357 g/mol. The lowest BCUT2D eigenvalue weighted by Gasteiger charge is -2.21. The van der Waals surface area contributed by atoms with Crippen LogP contribution in [0.2, 0.25) is 0 Å². The van der Waals surface area contributed by atoms with Crippen molar-refractivity contribution >= 4 is 25.3 Å². The minimum absolute atomic E-state index is 0.154. The number of aromatic nitrogens is 3. The third kappa shape index (κ3) is 3.86. The molecule has 0 spiro atoms. The molecule has 1 atom stereocenters. The smallest absolute Gasteiger partial charge is 0.335 e. The van der Waals surface area contributed by atoms with Gasteiger partial charge in [0.1, 0.15) is 0 Å². The second-order valence-electron chi connectivity index (χ2n) is 6.21. The van der Waals surface area contributed by atoms with Crippen LogP contribution in [-0.4, -0.2) is 81.7 Å². The van der Waals surface area contributed by atoms with Crippen molar-refractivity contribution in [3.8, 4) is 0 Å². The molecule has 1 unspecified atom stereocenters. The van der Waals surface area contributed by atoms with Gasteiger partial charge in [0, 0.05) is 13.1 Å². The molecule has 9 nitrogen and oxygen atoms in total. The van der Waals surface area contributed by atoms with Crippen LogP contribution in [0.5, 0.6) is 0 Å². The summed E-state index contributed by atoms with van der Waals surface area (Å²) in [7, 11) is 1.52. The average Bonchev–Trinajstić information content (AvgIpc) is 3.18. The van der Waals surface area contributed by atoms with Crippen molar-refractivity contribution < 1.29 is 14.4 Å². The highest BCUT2D eigenvalue weighted by Gasteiger charge is 2.41. The molecule has 0 N–H and O–H groups in total. The third-order valence-corrected chi connectivity index (χ3v) is 4.22. The average molecular weight is 357 g/mol. The number of nitrogens with zero attached hydrogens (tertiary/aromatic N) is 6. The largest absolute Gasteiger partial charge is 0.345 e. The molecule has 0 saturated carbocycles. The SMILES string of the molecule is C=CCON1C(=O)N2CC(n3cc(CN([B]C=O)CCC)nn3)=CC1C2. The van der Waals surface area contributed by atoms with Crippen LogP contribution in [0.15, 0.2) is 24.9 Å². The fraction of sp³-hybridized carbons (Fsp3) is 0.500. The van der Waals surface area contributed by atoms with Crippen LogP contribution < -0.4 is 0 Å². The van der Waals surface area contributed by atoms with E-state index in [-0.39, 0.29) is 18.7 Å². The molecule has 2 aliphatic rings. The number of rotatable bonds is 10. The first kappa shape index (κ1) is 18.3. The molecule has 1 radical (unpaired) electrons. The Bertz CT molecular complexity index is 706. The molecule has 2 bridgehead atoms. The first-order valence-corrected chi connectivity index (χ1v) is 8.63. The molecule has 10 heteroatoms. The summed E-state index contributed by atoms with van der Waals surface area (Å²) in [6.07, 6.45) is 7.13. The number of amides is 2. The molecular formula is C16H22BN6O3. The van der Waals surface area contributed by atoms with E-state index in [4.69, 9.17) is 4.84 Å². The zero-order valence-corrected chi connectivity index (χ0v) is 14.8. The number of hydrogen-bond donors (Lipinski definition) is 0. The number of urea groups is 1. The van der Waals surface area contributed by atoms with E-state index >= 15 is 0 Å². The van der Waals surface area contributed by atoms with Gasteiger partial charge in [-0.2, -0.15) is 5.06 Å². The molecule has 0 aliphatic carbocycles. The molecule has 137 valence electrons. The van der Waals surface area contributed by atoms with Crippen LogP contribution in [0.25, 0.3) is 5.70 Å². The summed E-state index contributed by atoms with van der Waals surface area (Å²) in [4.78, 5) is 32.2. The maximum Gasteiger partial charge on any atom is 0.345 e. The first-order valence-electron chi connectivity index (χ1n) is 8.63. The van der Waals surface area contributed by atoms with E-state index in [0.717, 1.165) is 30.5 Å². The minimum Gasteiger partial charge on any atom is -0.335 e. The lowest BCUT2D eigenvalue weighted by atomic mass is 9.94. The van der Waals surface area contributed by atoms with E-state index in [9.17, 15) is 9.59 Å². The topological polar surface area (TPSA) is 83.8 Å². The molecule has 1 saturated heterocycles. The van der Waals surface area contributed by atoms with Crippen LogP contribution in [0.4, 0.5) is 4.79 Å². The fourth-order valence-corrected chi connectivity index (χ4v) is 3.11. The summed E-state index contributed by atoms with van der Waals surface area (Å²) >= 11 is 0. The fourth-order valence-electron chi connectivity index (χ4n) is 3.11. The summed E-state index contributed by atoms with van der Waals surface area (Å²) in [5.41, 5.74) is 1.64. The standard InChI is InChI=1S/C16H22BN6O3/c1-3-5-21(17-12-24)8-13-9-22(19-18-13)14-7-15-11-20(10-14)16(25)23(15)26-6-4-2/h4,7,9,12,15H,2-3,5-6,8,10-11H2,1H3. The second kappa shape index (κ2) is 8.28. The maximum absolute atomic E-state index is 12.3. The van der Waals surface area contributed by atoms with Crippen LogP contribution in [0.3, 0.4) is 0 Å². The highest BCUT2D eigenvalue weighted by Crippen LogP contribution is 2.26. The number of hydroxylamine groups is 2. The Labute approximate surface area is 153 Å². The summed E-state index contributed by atoms with van der Waals surface area (Å²) in [6.45, 7) is 8.27. The molecule has 1 aromatic rings. The van der Waals surface area contributed by atoms with E-state index in [1.807, 2.05) is 17.1 Å². The van der Waals surface area contributed by atoms with E-state index < -0.39 is 0 Å². The van der Waals surface area contributed by atoms with E-state index in [1.165, 1.54) is 12.5 Å². The summed E-state index contributed by atoms with van der Waals surface area (Å²) < 4.78 is 1.68. The van der Waals surface area contributed by atoms with Crippen molar-refractivity contribution in [3.63, 3.8) is 0 Å². The lowest BCUT2D eigenvalue weighted by molar-refractivity contribution is -0.107. The van der Waals surface area contributed by atoms with Gasteiger partial charge in [0.25, 0.3) is 7.41 Å². The van der Waals surface area contributed by atoms with Crippen molar-refractivity contribution in [3.05, 3.63) is 30.6 Å². The van der Waals surface area contributed by atoms with Gasteiger partial charge in [-0.25, -0.2) is 9.48 Å². The molecule has 0 aromatic carbocycles. The van der Waals surface area contributed by atoms with Crippen LogP contribution >= 0.6 is 0 Å². The quantitative estimate of drug-likeness (QED) is 0.342. The van der Waals surface area contributed by atoms with Crippen molar-refractivity contribution in [2.45, 2.75) is 25.9 Å². The predicted octanol–water partition coefficient (Wildman–Crippen LogP) is 0.378. The van der Waals surface area contributed by atoms with Crippen LogP contribution in [-0.2, 0) is 16.2 Å². The molecule has 3 heterocycles. The van der Waals surface area contributed by atoms with Crippen LogP contribution in [0.1, 0.15) is 19.0 Å². The zero-order chi connectivity index (χ0) is 18.5. The van der Waals surface area contributed by atoms with E-state index in [0.29, 0.717) is 19.6 Å². The Morgan fingerprint density at radius 3 is 3.12 bits per heavy atom. The summed E-state index contributed by atoms with van der Waals surface area (Å²) in [5, 5.41) is 9.75. The molecule has 26 heavy (non-hydrogen) atoms. The van der Waals surface area contributed by atoms with Gasteiger partial charge in [-0.1, -0.05) is 18.2 Å². The predicted molar refractivity (Wildman–Crippen MR) is 96.2 cm³/mol. The Morgan fingerprint density at radius 1 is 1.54 bits per heavy atom. The van der Waals surface area contributed by atoms with Crippen LogP contribution in [0, 0.1) is 0 Å². The number of fused-ring (bicyclic) bond motifs is 2. The van der Waals surface area contributed by atoms with Gasteiger partial charge in [0.2, 0.25) is 0 Å². The van der Waals surface area contributed by atoms with E-state index in [1.54, 1.807) is 15.7 Å². The number of carbonyl (C=O) groups excluding carboxylic acids is 2. The Hall–Kier alpha value is -2.46. The Morgan fingerprint density at radius 2 is 2.38 bits per heavy atom. The van der Waals surface area contributed by atoms with Crippen molar-refractivity contribution in [1.82, 2.24) is 29.8 Å². The molecule has 1 fully saturated rings. The van der Waals surface area contributed by atoms with Gasteiger partial charge in [-0.15, -0.1) is 11.7 Å². The second-order valence-corrected chi connectivity index (χ2v) is 6.21. The summed E-state index contributed by atoms with van der Waals surface area (Å²) in [5.74, 6) is 0. The lowest BCUT2D eigenvalue weighted by Crippen LogP contribution is -2.33. The van der Waals surface area contributed by atoms with Gasteiger partial charge >= 0.3 is 6.03 Å². The normalized spacial score (nSPS) is 19.1. The Balaban J connectivity index is 1.70. The number of hydrogen-bond acceptors (Lipinski definition) is 6. The zero-order valence-electron chi connectivity index (χ0n) is 14.8. The van der Waals surface area contributed by atoms with Crippen molar-refractivity contribution in [1.29, 1.82) is 0 Å². The highest BCUT2D eigenvalue weighted by molar-refractivity contribution is 6.64. The number of carbonyl (C=O) groups is 2. The third-order valence-electron chi connectivity index (χ3n) is 4.22. The molecule has 2 amide bonds. The first-order chi connectivity index (χ1) is 12.7. The molecule has 1 aromatic heterocycles. The van der Waals surface area contributed by atoms with Crippen molar-refractivity contribution in [2.75, 3.05) is 26.2 Å². The molecular weight excluding hydrogens is 335 g/mol.